The van der Waals surface area contributed by atoms with E-state index in [0.29, 0.717) is 12.0 Å². The number of aldehydes is 1. The first-order chi connectivity index (χ1) is 8.06. The van der Waals surface area contributed by atoms with Gasteiger partial charge in [0.25, 0.3) is 0 Å². The maximum absolute atomic E-state index is 13.5. The molecule has 0 radical (unpaired) electrons. The van der Waals surface area contributed by atoms with Gasteiger partial charge in [0, 0.05) is 0 Å². The van der Waals surface area contributed by atoms with E-state index in [0.717, 1.165) is 15.9 Å². The first-order valence-electron chi connectivity index (χ1n) is 5.02. The van der Waals surface area contributed by atoms with Crippen LogP contribution in [0.1, 0.15) is 21.7 Å². The Morgan fingerprint density at radius 3 is 2.65 bits per heavy atom. The molecular weight excluding hydrogens is 287 g/mol. The molecule has 2 rings (SSSR count). The minimum absolute atomic E-state index is 0.0191. The molecule has 0 saturated carbocycles. The van der Waals surface area contributed by atoms with E-state index < -0.39 is 5.82 Å². The molecule has 1 aromatic heterocycles. The largest absolute Gasteiger partial charge is 0.298 e. The first-order valence-corrected chi connectivity index (χ1v) is 5.81. The van der Waals surface area contributed by atoms with E-state index in [2.05, 4.69) is 21.0 Å². The molecule has 1 heterocycles. The topological polar surface area (TPSA) is 34.9 Å². The van der Waals surface area contributed by atoms with Crippen LogP contribution >= 0.6 is 15.9 Å². The Bertz CT molecular complexity index is 592. The summed E-state index contributed by atoms with van der Waals surface area (Å²) in [4.78, 5) is 10.9. The number of aromatic nitrogens is 2. The molecule has 0 atom stereocenters. The smallest absolute Gasteiger partial charge is 0.155 e. The van der Waals surface area contributed by atoms with Crippen molar-refractivity contribution < 1.29 is 9.18 Å². The third-order valence-electron chi connectivity index (χ3n) is 2.58. The monoisotopic (exact) mass is 296 g/mol. The Balaban J connectivity index is 2.72. The van der Waals surface area contributed by atoms with Crippen LogP contribution < -0.4 is 0 Å². The van der Waals surface area contributed by atoms with Crippen molar-refractivity contribution in [2.75, 3.05) is 0 Å². The number of halogens is 2. The molecule has 17 heavy (non-hydrogen) atoms. The maximum atomic E-state index is 13.5. The molecule has 5 heteroatoms. The fraction of sp³-hybridized carbons (Fsp3) is 0.167. The quantitative estimate of drug-likeness (QED) is 0.798. The summed E-state index contributed by atoms with van der Waals surface area (Å²) >= 11 is 3.40. The molecule has 0 aliphatic heterocycles. The maximum Gasteiger partial charge on any atom is 0.155 e. The predicted molar refractivity (Wildman–Crippen MR) is 66.1 cm³/mol. The number of hydrogen-bond donors (Lipinski definition) is 0. The van der Waals surface area contributed by atoms with Gasteiger partial charge in [-0.15, -0.1) is 0 Å². The Kier molecular flexibility index (Phi) is 3.11. The van der Waals surface area contributed by atoms with E-state index in [9.17, 15) is 9.18 Å². The summed E-state index contributed by atoms with van der Waals surface area (Å²) in [6, 6.07) is 4.48. The van der Waals surface area contributed by atoms with Gasteiger partial charge in [-0.3, -0.25) is 4.79 Å². The van der Waals surface area contributed by atoms with Gasteiger partial charge in [-0.05, 0) is 41.9 Å². The molecule has 3 nitrogen and oxygen atoms in total. The van der Waals surface area contributed by atoms with Crippen LogP contribution in [0.3, 0.4) is 0 Å². The number of carbonyl (C=O) groups excluding carboxylic acids is 1. The number of hydrogen-bond acceptors (Lipinski definition) is 2. The number of rotatable bonds is 2. The van der Waals surface area contributed by atoms with Crippen molar-refractivity contribution in [2.45, 2.75) is 13.8 Å². The first kappa shape index (κ1) is 12.0. The average Bonchev–Trinajstić information content (AvgIpc) is 2.56. The molecule has 0 bridgehead atoms. The molecule has 2 aromatic rings. The van der Waals surface area contributed by atoms with Gasteiger partial charge in [-0.2, -0.15) is 5.10 Å². The van der Waals surface area contributed by atoms with Gasteiger partial charge in [-0.1, -0.05) is 6.07 Å². The van der Waals surface area contributed by atoms with Crippen LogP contribution in [0.5, 0.6) is 0 Å². The summed E-state index contributed by atoms with van der Waals surface area (Å²) in [5, 5.41) is 4.27. The number of benzene rings is 1. The molecule has 0 amide bonds. The molecule has 0 aliphatic rings. The molecule has 0 unspecified atom stereocenters. The van der Waals surface area contributed by atoms with Crippen LogP contribution in [0.2, 0.25) is 0 Å². The highest BCUT2D eigenvalue weighted by molar-refractivity contribution is 9.10. The number of nitrogens with zero attached hydrogens (tertiary/aromatic N) is 2. The van der Waals surface area contributed by atoms with Gasteiger partial charge < -0.3 is 0 Å². The van der Waals surface area contributed by atoms with Crippen molar-refractivity contribution in [3.05, 3.63) is 45.4 Å². The summed E-state index contributed by atoms with van der Waals surface area (Å²) in [5.74, 6) is -0.541. The third-order valence-corrected chi connectivity index (χ3v) is 3.73. The van der Waals surface area contributed by atoms with Crippen LogP contribution in [0.15, 0.2) is 22.7 Å². The second-order valence-corrected chi connectivity index (χ2v) is 4.48. The summed E-state index contributed by atoms with van der Waals surface area (Å²) in [5.41, 5.74) is 2.09. The van der Waals surface area contributed by atoms with Crippen LogP contribution in [-0.2, 0) is 0 Å². The molecule has 0 N–H and O–H groups in total. The molecule has 0 saturated heterocycles. The lowest BCUT2D eigenvalue weighted by Crippen LogP contribution is -2.04. The standard InChI is InChI=1S/C12H10BrFN2O/c1-7-12(13)8(2)16(15-7)11-5-3-4-10(14)9(11)6-17/h3-6H,1-2H3. The summed E-state index contributed by atoms with van der Waals surface area (Å²) < 4.78 is 15.9. The van der Waals surface area contributed by atoms with E-state index in [1.54, 1.807) is 16.8 Å². The van der Waals surface area contributed by atoms with Crippen molar-refractivity contribution in [1.29, 1.82) is 0 Å². The molecular formula is C12H10BrFN2O. The summed E-state index contributed by atoms with van der Waals surface area (Å²) in [6.45, 7) is 3.69. The lowest BCUT2D eigenvalue weighted by molar-refractivity contribution is 0.111. The Labute approximate surface area is 106 Å². The Morgan fingerprint density at radius 1 is 1.41 bits per heavy atom. The summed E-state index contributed by atoms with van der Waals surface area (Å²) in [7, 11) is 0. The van der Waals surface area contributed by atoms with Gasteiger partial charge in [0.1, 0.15) is 5.82 Å². The van der Waals surface area contributed by atoms with Gasteiger partial charge in [0.2, 0.25) is 0 Å². The van der Waals surface area contributed by atoms with Crippen molar-refractivity contribution in [2.24, 2.45) is 0 Å². The van der Waals surface area contributed by atoms with Crippen LogP contribution in [-0.4, -0.2) is 16.1 Å². The molecule has 0 spiro atoms. The zero-order valence-electron chi connectivity index (χ0n) is 9.37. The zero-order valence-corrected chi connectivity index (χ0v) is 11.0. The number of carbonyl (C=O) groups is 1. The van der Waals surface area contributed by atoms with E-state index in [-0.39, 0.29) is 5.56 Å². The predicted octanol–water partition coefficient (Wildman–Crippen LogP) is 3.20. The highest BCUT2D eigenvalue weighted by Crippen LogP contribution is 2.25. The van der Waals surface area contributed by atoms with Gasteiger partial charge >= 0.3 is 0 Å². The van der Waals surface area contributed by atoms with E-state index in [4.69, 9.17) is 0 Å². The van der Waals surface area contributed by atoms with E-state index in [1.807, 2.05) is 13.8 Å². The molecule has 0 fully saturated rings. The molecule has 88 valence electrons. The van der Waals surface area contributed by atoms with Gasteiger partial charge in [0.05, 0.1) is 27.1 Å². The fourth-order valence-corrected chi connectivity index (χ4v) is 1.93. The van der Waals surface area contributed by atoms with E-state index >= 15 is 0 Å². The average molecular weight is 297 g/mol. The highest BCUT2D eigenvalue weighted by atomic mass is 79.9. The normalized spacial score (nSPS) is 10.6. The van der Waals surface area contributed by atoms with Gasteiger partial charge in [-0.25, -0.2) is 9.07 Å². The van der Waals surface area contributed by atoms with Crippen molar-refractivity contribution in [3.63, 3.8) is 0 Å². The van der Waals surface area contributed by atoms with Crippen molar-refractivity contribution in [3.8, 4) is 5.69 Å². The second kappa shape index (κ2) is 4.41. The Hall–Kier alpha value is -1.49. The molecule has 1 aromatic carbocycles. The van der Waals surface area contributed by atoms with E-state index in [1.165, 1.54) is 6.07 Å². The van der Waals surface area contributed by atoms with Crippen molar-refractivity contribution >= 4 is 22.2 Å². The molecule has 0 aliphatic carbocycles. The zero-order chi connectivity index (χ0) is 12.6. The van der Waals surface area contributed by atoms with Crippen molar-refractivity contribution in [1.82, 2.24) is 9.78 Å². The SMILES string of the molecule is Cc1nn(-c2cccc(F)c2C=O)c(C)c1Br. The van der Waals surface area contributed by atoms with Gasteiger partial charge in [0.15, 0.2) is 6.29 Å². The second-order valence-electron chi connectivity index (χ2n) is 3.69. The lowest BCUT2D eigenvalue weighted by Gasteiger charge is -2.07. The minimum Gasteiger partial charge on any atom is -0.298 e. The Morgan fingerprint density at radius 2 is 2.12 bits per heavy atom. The lowest BCUT2D eigenvalue weighted by atomic mass is 10.2. The minimum atomic E-state index is -0.541. The highest BCUT2D eigenvalue weighted by Gasteiger charge is 2.15. The van der Waals surface area contributed by atoms with Crippen LogP contribution in [0.4, 0.5) is 4.39 Å². The number of aryl methyl sites for hydroxylation is 1. The van der Waals surface area contributed by atoms with Crippen LogP contribution in [0, 0.1) is 19.7 Å². The fourth-order valence-electron chi connectivity index (χ4n) is 1.69. The van der Waals surface area contributed by atoms with Crippen LogP contribution in [0.25, 0.3) is 5.69 Å². The third kappa shape index (κ3) is 1.91. The summed E-state index contributed by atoms with van der Waals surface area (Å²) in [6.07, 6.45) is 0.509.